The van der Waals surface area contributed by atoms with Crippen LogP contribution in [0.1, 0.15) is 44.5 Å². The molecule has 6 heteroatoms. The molecule has 2 amide bonds. The molecule has 3 N–H and O–H groups in total. The summed E-state index contributed by atoms with van der Waals surface area (Å²) in [7, 11) is 0. The zero-order valence-electron chi connectivity index (χ0n) is 13.4. The van der Waals surface area contributed by atoms with Gasteiger partial charge in [0.15, 0.2) is 5.11 Å². The third-order valence-corrected chi connectivity index (χ3v) is 3.07. The van der Waals surface area contributed by atoms with Crippen molar-refractivity contribution in [3.8, 4) is 0 Å². The van der Waals surface area contributed by atoms with Crippen molar-refractivity contribution in [2.24, 2.45) is 5.41 Å². The molecule has 120 valence electrons. The molecule has 0 heterocycles. The molecule has 0 atom stereocenters. The van der Waals surface area contributed by atoms with Crippen molar-refractivity contribution in [3.63, 3.8) is 0 Å². The molecule has 0 aliphatic heterocycles. The molecule has 0 aliphatic carbocycles. The summed E-state index contributed by atoms with van der Waals surface area (Å²) in [6, 6.07) is 7.04. The number of thiocarbonyl (C=S) groups is 1. The second kappa shape index (κ2) is 7.89. The van der Waals surface area contributed by atoms with Gasteiger partial charge in [-0.1, -0.05) is 39.8 Å². The van der Waals surface area contributed by atoms with Gasteiger partial charge < -0.3 is 16.0 Å². The van der Waals surface area contributed by atoms with Crippen LogP contribution < -0.4 is 16.0 Å². The number of para-hydroxylation sites is 1. The minimum Gasteiger partial charge on any atom is -0.352 e. The predicted octanol–water partition coefficient (Wildman–Crippen LogP) is 2.69. The Morgan fingerprint density at radius 1 is 1.18 bits per heavy atom. The van der Waals surface area contributed by atoms with Crippen molar-refractivity contribution in [2.45, 2.75) is 34.1 Å². The van der Waals surface area contributed by atoms with Gasteiger partial charge in [0.25, 0.3) is 5.91 Å². The molecule has 0 aliphatic rings. The van der Waals surface area contributed by atoms with Gasteiger partial charge in [-0.2, -0.15) is 0 Å². The maximum atomic E-state index is 12.1. The van der Waals surface area contributed by atoms with E-state index in [1.807, 2.05) is 6.92 Å². The Kier molecular flexibility index (Phi) is 6.49. The number of benzene rings is 1. The van der Waals surface area contributed by atoms with Gasteiger partial charge in [0, 0.05) is 12.0 Å². The molecule has 0 spiro atoms. The van der Waals surface area contributed by atoms with E-state index in [4.69, 9.17) is 12.2 Å². The highest BCUT2D eigenvalue weighted by molar-refractivity contribution is 7.80. The van der Waals surface area contributed by atoms with Crippen LogP contribution in [0.4, 0.5) is 5.69 Å². The number of carbonyl (C=O) groups is 2. The van der Waals surface area contributed by atoms with Crippen LogP contribution in [0.2, 0.25) is 0 Å². The van der Waals surface area contributed by atoms with Gasteiger partial charge in [-0.15, -0.1) is 0 Å². The minimum absolute atomic E-state index is 0.171. The first-order valence-electron chi connectivity index (χ1n) is 7.25. The predicted molar refractivity (Wildman–Crippen MR) is 92.9 cm³/mol. The molecule has 0 fully saturated rings. The highest BCUT2D eigenvalue weighted by Crippen LogP contribution is 2.16. The van der Waals surface area contributed by atoms with E-state index in [1.54, 1.807) is 45.0 Å². The van der Waals surface area contributed by atoms with Crippen LogP contribution in [-0.2, 0) is 4.79 Å². The molecule has 1 aromatic rings. The van der Waals surface area contributed by atoms with E-state index in [-0.39, 0.29) is 16.9 Å². The summed E-state index contributed by atoms with van der Waals surface area (Å²) in [6.45, 7) is 8.01. The summed E-state index contributed by atoms with van der Waals surface area (Å²) < 4.78 is 0. The Morgan fingerprint density at radius 2 is 1.82 bits per heavy atom. The zero-order valence-corrected chi connectivity index (χ0v) is 14.3. The number of amides is 2. The number of anilines is 1. The Hall–Kier alpha value is -1.95. The molecule has 0 unspecified atom stereocenters. The van der Waals surface area contributed by atoms with E-state index < -0.39 is 5.41 Å². The summed E-state index contributed by atoms with van der Waals surface area (Å²) in [5.41, 5.74) is 0.516. The molecule has 0 radical (unpaired) electrons. The van der Waals surface area contributed by atoms with E-state index in [0.29, 0.717) is 17.8 Å². The van der Waals surface area contributed by atoms with Crippen molar-refractivity contribution < 1.29 is 9.59 Å². The topological polar surface area (TPSA) is 70.2 Å². The number of nitrogens with one attached hydrogen (secondary N) is 3. The summed E-state index contributed by atoms with van der Waals surface area (Å²) >= 11 is 5.14. The lowest BCUT2D eigenvalue weighted by Crippen LogP contribution is -2.41. The summed E-state index contributed by atoms with van der Waals surface area (Å²) in [4.78, 5) is 24.0. The minimum atomic E-state index is -0.538. The number of rotatable bonds is 4. The van der Waals surface area contributed by atoms with Crippen LogP contribution in [-0.4, -0.2) is 23.5 Å². The fraction of sp³-hybridized carbons (Fsp3) is 0.438. The molecule has 0 saturated carbocycles. The maximum Gasteiger partial charge on any atom is 0.253 e. The van der Waals surface area contributed by atoms with E-state index in [9.17, 15) is 9.59 Å². The number of hydrogen-bond donors (Lipinski definition) is 3. The normalized spacial score (nSPS) is 10.7. The lowest BCUT2D eigenvalue weighted by molar-refractivity contribution is -0.126. The Morgan fingerprint density at radius 3 is 2.41 bits per heavy atom. The SMILES string of the molecule is CCCNC(=O)c1ccccc1NC(=S)NC(=O)C(C)(C)C. The fourth-order valence-electron chi connectivity index (χ4n) is 1.57. The molecule has 5 nitrogen and oxygen atoms in total. The van der Waals surface area contributed by atoms with Gasteiger partial charge in [0.1, 0.15) is 0 Å². The quantitative estimate of drug-likeness (QED) is 0.746. The Labute approximate surface area is 136 Å². The van der Waals surface area contributed by atoms with Crippen LogP contribution in [0.25, 0.3) is 0 Å². The standard InChI is InChI=1S/C16H23N3O2S/c1-5-10-17-13(20)11-8-6-7-9-12(11)18-15(22)19-14(21)16(2,3)4/h6-9H,5,10H2,1-4H3,(H,17,20)(H2,18,19,21,22). The molecule has 0 bridgehead atoms. The molecule has 1 rings (SSSR count). The third-order valence-electron chi connectivity index (χ3n) is 2.86. The monoisotopic (exact) mass is 321 g/mol. The van der Waals surface area contributed by atoms with Crippen molar-refractivity contribution in [1.29, 1.82) is 0 Å². The first kappa shape index (κ1) is 18.1. The van der Waals surface area contributed by atoms with Crippen molar-refractivity contribution in [2.75, 3.05) is 11.9 Å². The van der Waals surface area contributed by atoms with E-state index in [1.165, 1.54) is 0 Å². The van der Waals surface area contributed by atoms with Gasteiger partial charge >= 0.3 is 0 Å². The second-order valence-electron chi connectivity index (χ2n) is 5.96. The summed E-state index contributed by atoms with van der Waals surface area (Å²) in [5, 5.41) is 8.53. The van der Waals surface area contributed by atoms with Crippen molar-refractivity contribution in [1.82, 2.24) is 10.6 Å². The van der Waals surface area contributed by atoms with Gasteiger partial charge in [0.2, 0.25) is 5.91 Å². The molecular weight excluding hydrogens is 298 g/mol. The molecule has 1 aromatic carbocycles. The van der Waals surface area contributed by atoms with Crippen LogP contribution in [0.5, 0.6) is 0 Å². The smallest absolute Gasteiger partial charge is 0.253 e. The third kappa shape index (κ3) is 5.44. The maximum absolute atomic E-state index is 12.1. The Bertz CT molecular complexity index is 565. The Balaban J connectivity index is 2.79. The second-order valence-corrected chi connectivity index (χ2v) is 6.37. The van der Waals surface area contributed by atoms with Gasteiger partial charge in [-0.3, -0.25) is 9.59 Å². The largest absolute Gasteiger partial charge is 0.352 e. The van der Waals surface area contributed by atoms with Crippen molar-refractivity contribution >= 4 is 34.8 Å². The zero-order chi connectivity index (χ0) is 16.8. The average molecular weight is 321 g/mol. The molecule has 22 heavy (non-hydrogen) atoms. The van der Waals surface area contributed by atoms with Crippen LogP contribution in [0.15, 0.2) is 24.3 Å². The molecule has 0 saturated heterocycles. The van der Waals surface area contributed by atoms with Gasteiger partial charge in [-0.25, -0.2) is 0 Å². The van der Waals surface area contributed by atoms with Gasteiger partial charge in [-0.05, 0) is 30.8 Å². The first-order valence-corrected chi connectivity index (χ1v) is 7.66. The first-order chi connectivity index (χ1) is 10.3. The van der Waals surface area contributed by atoms with Crippen LogP contribution in [0, 0.1) is 5.41 Å². The highest BCUT2D eigenvalue weighted by atomic mass is 32.1. The lowest BCUT2D eigenvalue weighted by Gasteiger charge is -2.19. The summed E-state index contributed by atoms with van der Waals surface area (Å²) in [5.74, 6) is -0.354. The van der Waals surface area contributed by atoms with Crippen LogP contribution >= 0.6 is 12.2 Å². The molecular formula is C16H23N3O2S. The van der Waals surface area contributed by atoms with Crippen LogP contribution in [0.3, 0.4) is 0 Å². The fourth-order valence-corrected chi connectivity index (χ4v) is 1.77. The lowest BCUT2D eigenvalue weighted by atomic mass is 9.96. The van der Waals surface area contributed by atoms with Crippen molar-refractivity contribution in [3.05, 3.63) is 29.8 Å². The van der Waals surface area contributed by atoms with Gasteiger partial charge in [0.05, 0.1) is 11.3 Å². The summed E-state index contributed by atoms with van der Waals surface area (Å²) in [6.07, 6.45) is 0.862. The van der Waals surface area contributed by atoms with E-state index in [0.717, 1.165) is 6.42 Å². The molecule has 0 aromatic heterocycles. The number of carbonyl (C=O) groups excluding carboxylic acids is 2. The highest BCUT2D eigenvalue weighted by Gasteiger charge is 2.22. The average Bonchev–Trinajstić information content (AvgIpc) is 2.44. The number of hydrogen-bond acceptors (Lipinski definition) is 3. The van der Waals surface area contributed by atoms with E-state index >= 15 is 0 Å². The van der Waals surface area contributed by atoms with E-state index in [2.05, 4.69) is 16.0 Å².